The van der Waals surface area contributed by atoms with Crippen molar-refractivity contribution in [2.45, 2.75) is 46.1 Å². The van der Waals surface area contributed by atoms with Gasteiger partial charge in [-0.15, -0.1) is 0 Å². The highest BCUT2D eigenvalue weighted by Crippen LogP contribution is 2.43. The van der Waals surface area contributed by atoms with Gasteiger partial charge in [-0.3, -0.25) is 0 Å². The quantitative estimate of drug-likeness (QED) is 0.667. The molecule has 1 saturated carbocycles. The molecule has 2 nitrogen and oxygen atoms in total. The molecule has 0 aromatic heterocycles. The van der Waals surface area contributed by atoms with Gasteiger partial charge in [0.1, 0.15) is 0 Å². The zero-order chi connectivity index (χ0) is 10.1. The second-order valence-electron chi connectivity index (χ2n) is 5.37. The number of hydrogen-bond donors (Lipinski definition) is 2. The van der Waals surface area contributed by atoms with E-state index in [-0.39, 0.29) is 5.54 Å². The van der Waals surface area contributed by atoms with Crippen molar-refractivity contribution in [1.82, 2.24) is 10.6 Å². The third kappa shape index (κ3) is 4.46. The van der Waals surface area contributed by atoms with E-state index in [4.69, 9.17) is 12.2 Å². The molecular weight excluding hydrogens is 180 g/mol. The molecule has 0 spiro atoms. The zero-order valence-corrected chi connectivity index (χ0v) is 9.85. The molecule has 2 N–H and O–H groups in total. The Labute approximate surface area is 86.5 Å². The first-order valence-electron chi connectivity index (χ1n) is 4.87. The van der Waals surface area contributed by atoms with Gasteiger partial charge in [0.2, 0.25) is 0 Å². The second-order valence-corrected chi connectivity index (χ2v) is 5.78. The van der Waals surface area contributed by atoms with E-state index in [1.807, 2.05) is 0 Å². The minimum Gasteiger partial charge on any atom is -0.362 e. The molecule has 0 unspecified atom stereocenters. The molecule has 0 amide bonds. The predicted molar refractivity (Wildman–Crippen MR) is 60.8 cm³/mol. The van der Waals surface area contributed by atoms with Gasteiger partial charge in [-0.2, -0.15) is 0 Å². The lowest BCUT2D eigenvalue weighted by molar-refractivity contribution is 0.494. The van der Waals surface area contributed by atoms with E-state index in [1.165, 1.54) is 12.8 Å². The number of hydrogen-bond acceptors (Lipinski definition) is 1. The number of thiocarbonyl (C=S) groups is 1. The van der Waals surface area contributed by atoms with Crippen LogP contribution in [0.5, 0.6) is 0 Å². The monoisotopic (exact) mass is 200 g/mol. The summed E-state index contributed by atoms with van der Waals surface area (Å²) in [5, 5.41) is 7.28. The molecular formula is C10H20N2S. The van der Waals surface area contributed by atoms with E-state index < -0.39 is 0 Å². The Balaban J connectivity index is 2.18. The van der Waals surface area contributed by atoms with Crippen molar-refractivity contribution in [2.24, 2.45) is 5.41 Å². The van der Waals surface area contributed by atoms with Crippen LogP contribution in [0.25, 0.3) is 0 Å². The Bertz CT molecular complexity index is 201. The van der Waals surface area contributed by atoms with E-state index in [1.54, 1.807) is 0 Å². The van der Waals surface area contributed by atoms with E-state index >= 15 is 0 Å². The summed E-state index contributed by atoms with van der Waals surface area (Å²) in [5.41, 5.74) is 0.582. The van der Waals surface area contributed by atoms with Crippen LogP contribution in [0.1, 0.15) is 40.5 Å². The second kappa shape index (κ2) is 3.45. The van der Waals surface area contributed by atoms with Crippen LogP contribution in [-0.2, 0) is 0 Å². The Hall–Kier alpha value is -0.310. The van der Waals surface area contributed by atoms with Gasteiger partial charge in [-0.05, 0) is 51.2 Å². The summed E-state index contributed by atoms with van der Waals surface area (Å²) in [6.45, 7) is 9.63. The molecule has 0 radical (unpaired) electrons. The zero-order valence-electron chi connectivity index (χ0n) is 9.03. The predicted octanol–water partition coefficient (Wildman–Crippen LogP) is 2.05. The van der Waals surface area contributed by atoms with Crippen LogP contribution in [0, 0.1) is 5.41 Å². The summed E-state index contributed by atoms with van der Waals surface area (Å²) >= 11 is 5.18. The highest BCUT2D eigenvalue weighted by Gasteiger charge is 2.36. The van der Waals surface area contributed by atoms with Gasteiger partial charge in [-0.25, -0.2) is 0 Å². The van der Waals surface area contributed by atoms with Crippen molar-refractivity contribution < 1.29 is 0 Å². The fraction of sp³-hybridized carbons (Fsp3) is 0.900. The minimum absolute atomic E-state index is 0.0640. The van der Waals surface area contributed by atoms with Gasteiger partial charge in [0.15, 0.2) is 5.11 Å². The van der Waals surface area contributed by atoms with Gasteiger partial charge in [-0.1, -0.05) is 6.92 Å². The first-order valence-corrected chi connectivity index (χ1v) is 5.28. The Morgan fingerprint density at radius 2 is 1.92 bits per heavy atom. The van der Waals surface area contributed by atoms with Gasteiger partial charge >= 0.3 is 0 Å². The van der Waals surface area contributed by atoms with Crippen molar-refractivity contribution in [1.29, 1.82) is 0 Å². The Kier molecular flexibility index (Phi) is 2.85. The fourth-order valence-corrected chi connectivity index (χ4v) is 1.45. The van der Waals surface area contributed by atoms with Crippen LogP contribution in [-0.4, -0.2) is 17.2 Å². The van der Waals surface area contributed by atoms with Crippen molar-refractivity contribution >= 4 is 17.3 Å². The summed E-state index contributed by atoms with van der Waals surface area (Å²) in [4.78, 5) is 0. The van der Waals surface area contributed by atoms with Crippen LogP contribution in [0.15, 0.2) is 0 Å². The summed E-state index contributed by atoms with van der Waals surface area (Å²) in [5.74, 6) is 0. The molecule has 13 heavy (non-hydrogen) atoms. The summed E-state index contributed by atoms with van der Waals surface area (Å²) in [6, 6.07) is 0. The van der Waals surface area contributed by atoms with Crippen molar-refractivity contribution in [3.8, 4) is 0 Å². The largest absolute Gasteiger partial charge is 0.362 e. The first kappa shape index (κ1) is 10.8. The molecule has 1 fully saturated rings. The van der Waals surface area contributed by atoms with Crippen LogP contribution in [0.4, 0.5) is 0 Å². The molecule has 1 rings (SSSR count). The lowest BCUT2D eigenvalue weighted by Gasteiger charge is -2.23. The van der Waals surface area contributed by atoms with E-state index in [0.29, 0.717) is 5.41 Å². The number of rotatable bonds is 2. The topological polar surface area (TPSA) is 24.1 Å². The van der Waals surface area contributed by atoms with Crippen LogP contribution >= 0.6 is 12.2 Å². The SMILES string of the molecule is CC1(CNC(=S)NC(C)(C)C)CC1. The molecule has 0 aliphatic heterocycles. The normalized spacial score (nSPS) is 19.4. The maximum absolute atomic E-state index is 5.18. The number of nitrogens with one attached hydrogen (secondary N) is 2. The maximum Gasteiger partial charge on any atom is 0.166 e. The average molecular weight is 200 g/mol. The maximum atomic E-state index is 5.18. The molecule has 1 aliphatic rings. The third-order valence-corrected chi connectivity index (χ3v) is 2.51. The average Bonchev–Trinajstić information content (AvgIpc) is 2.62. The molecule has 0 heterocycles. The molecule has 1 aliphatic carbocycles. The van der Waals surface area contributed by atoms with Crippen molar-refractivity contribution in [2.75, 3.05) is 6.54 Å². The van der Waals surface area contributed by atoms with Gasteiger partial charge in [0.25, 0.3) is 0 Å². The molecule has 0 aromatic rings. The van der Waals surface area contributed by atoms with E-state index in [2.05, 4.69) is 38.3 Å². The summed E-state index contributed by atoms with van der Waals surface area (Å²) < 4.78 is 0. The lowest BCUT2D eigenvalue weighted by atomic mass is 10.1. The Morgan fingerprint density at radius 3 is 2.31 bits per heavy atom. The van der Waals surface area contributed by atoms with Crippen molar-refractivity contribution in [3.63, 3.8) is 0 Å². The molecule has 0 aromatic carbocycles. The van der Waals surface area contributed by atoms with Crippen LogP contribution in [0.3, 0.4) is 0 Å². The third-order valence-electron chi connectivity index (χ3n) is 2.27. The highest BCUT2D eigenvalue weighted by atomic mass is 32.1. The van der Waals surface area contributed by atoms with Crippen molar-refractivity contribution in [3.05, 3.63) is 0 Å². The molecule has 0 atom stereocenters. The minimum atomic E-state index is 0.0640. The van der Waals surface area contributed by atoms with Crippen LogP contribution < -0.4 is 10.6 Å². The molecule has 3 heteroatoms. The molecule has 0 saturated heterocycles. The first-order chi connectivity index (χ1) is 5.81. The van der Waals surface area contributed by atoms with E-state index in [9.17, 15) is 0 Å². The fourth-order valence-electron chi connectivity index (χ4n) is 1.07. The standard InChI is InChI=1S/C10H20N2S/c1-9(2,3)12-8(13)11-7-10(4)5-6-10/h5-7H2,1-4H3,(H2,11,12,13). The summed E-state index contributed by atoms with van der Waals surface area (Å²) in [6.07, 6.45) is 2.66. The van der Waals surface area contributed by atoms with E-state index in [0.717, 1.165) is 11.7 Å². The van der Waals surface area contributed by atoms with Gasteiger partial charge < -0.3 is 10.6 Å². The van der Waals surface area contributed by atoms with Gasteiger partial charge in [0.05, 0.1) is 0 Å². The lowest BCUT2D eigenvalue weighted by Crippen LogP contribution is -2.47. The Morgan fingerprint density at radius 1 is 1.38 bits per heavy atom. The van der Waals surface area contributed by atoms with Gasteiger partial charge in [0, 0.05) is 12.1 Å². The smallest absolute Gasteiger partial charge is 0.166 e. The highest BCUT2D eigenvalue weighted by molar-refractivity contribution is 7.80. The van der Waals surface area contributed by atoms with Crippen LogP contribution in [0.2, 0.25) is 0 Å². The summed E-state index contributed by atoms with van der Waals surface area (Å²) in [7, 11) is 0. The molecule has 0 bridgehead atoms. The molecule has 76 valence electrons.